The second kappa shape index (κ2) is 4.76. The van der Waals surface area contributed by atoms with E-state index in [2.05, 4.69) is 25.4 Å². The van der Waals surface area contributed by atoms with E-state index in [0.29, 0.717) is 4.62 Å². The monoisotopic (exact) mass is 291 g/mol. The van der Waals surface area contributed by atoms with Crippen LogP contribution in [0.4, 0.5) is 0 Å². The molecule has 1 aromatic carbocycles. The molecule has 0 amide bonds. The summed E-state index contributed by atoms with van der Waals surface area (Å²) < 4.78 is 26.0. The largest absolute Gasteiger partial charge is 0.325 e. The zero-order valence-corrected chi connectivity index (χ0v) is 10.7. The summed E-state index contributed by atoms with van der Waals surface area (Å²) in [5.41, 5.74) is 1.87. The van der Waals surface area contributed by atoms with Crippen LogP contribution in [-0.4, -0.2) is 19.3 Å². The van der Waals surface area contributed by atoms with E-state index in [1.807, 2.05) is 31.2 Å². The van der Waals surface area contributed by atoms with E-state index in [4.69, 9.17) is 0 Å². The maximum Gasteiger partial charge on any atom is 0.325 e. The molecule has 1 aromatic rings. The Morgan fingerprint density at radius 2 is 1.87 bits per heavy atom. The summed E-state index contributed by atoms with van der Waals surface area (Å²) in [6, 6.07) is 7.42. The van der Waals surface area contributed by atoms with Crippen molar-refractivity contribution >= 4 is 30.7 Å². The van der Waals surface area contributed by atoms with E-state index < -0.39 is 10.1 Å². The number of hydrogen-bond acceptors (Lipinski definition) is 4. The summed E-state index contributed by atoms with van der Waals surface area (Å²) >= 11 is 3.12. The van der Waals surface area contributed by atoms with Gasteiger partial charge < -0.3 is 0 Å². The van der Waals surface area contributed by atoms with Crippen molar-refractivity contribution in [1.29, 1.82) is 0 Å². The number of aryl methyl sites for hydroxylation is 1. The molecule has 0 saturated heterocycles. The van der Waals surface area contributed by atoms with Crippen molar-refractivity contribution in [1.82, 2.24) is 0 Å². The van der Waals surface area contributed by atoms with Crippen LogP contribution in [0, 0.1) is 6.92 Å². The fourth-order valence-electron chi connectivity index (χ4n) is 0.844. The highest BCUT2D eigenvalue weighted by atomic mass is 79.9. The Labute approximate surface area is 97.2 Å². The van der Waals surface area contributed by atoms with Crippen molar-refractivity contribution in [3.05, 3.63) is 35.4 Å². The van der Waals surface area contributed by atoms with E-state index >= 15 is 0 Å². The van der Waals surface area contributed by atoms with Gasteiger partial charge in [-0.3, -0.25) is 4.28 Å². The van der Waals surface area contributed by atoms with Gasteiger partial charge in [0.1, 0.15) is 0 Å². The Morgan fingerprint density at radius 3 is 2.33 bits per heavy atom. The van der Waals surface area contributed by atoms with Crippen LogP contribution < -0.4 is 0 Å². The minimum absolute atomic E-state index is 0.341. The first-order valence-corrected chi connectivity index (χ1v) is 6.68. The first-order chi connectivity index (χ1) is 6.88. The lowest BCUT2D eigenvalue weighted by atomic mass is 10.2. The minimum Gasteiger partial charge on any atom is -0.268 e. The highest BCUT2D eigenvalue weighted by molar-refractivity contribution is 9.18. The highest BCUT2D eigenvalue weighted by Crippen LogP contribution is 2.09. The fraction of sp³-hybridized carbons (Fsp3) is 0.222. The van der Waals surface area contributed by atoms with Crippen LogP contribution in [-0.2, 0) is 14.4 Å². The van der Waals surface area contributed by atoms with E-state index in [-0.39, 0.29) is 0 Å². The summed E-state index contributed by atoms with van der Waals surface area (Å²) in [7, 11) is -3.55. The molecule has 4 nitrogen and oxygen atoms in total. The predicted molar refractivity (Wildman–Crippen MR) is 62.6 cm³/mol. The third-order valence-corrected chi connectivity index (χ3v) is 2.49. The van der Waals surface area contributed by atoms with Crippen molar-refractivity contribution in [2.75, 3.05) is 6.26 Å². The molecule has 0 spiro atoms. The molecular formula is C9H10BrNO3S. The van der Waals surface area contributed by atoms with Crippen molar-refractivity contribution in [3.63, 3.8) is 0 Å². The molecule has 15 heavy (non-hydrogen) atoms. The molecular weight excluding hydrogens is 282 g/mol. The SMILES string of the molecule is Cc1ccc(C(Br)=NOS(C)(=O)=O)cc1. The molecule has 0 bridgehead atoms. The first-order valence-electron chi connectivity index (χ1n) is 4.07. The second-order valence-electron chi connectivity index (χ2n) is 3.03. The van der Waals surface area contributed by atoms with Crippen LogP contribution in [0.5, 0.6) is 0 Å². The molecule has 0 radical (unpaired) electrons. The van der Waals surface area contributed by atoms with Crippen LogP contribution >= 0.6 is 15.9 Å². The van der Waals surface area contributed by atoms with Crippen LogP contribution in [0.1, 0.15) is 11.1 Å². The van der Waals surface area contributed by atoms with Gasteiger partial charge in [-0.2, -0.15) is 8.42 Å². The minimum atomic E-state index is -3.55. The Bertz CT molecular complexity index is 465. The number of benzene rings is 1. The molecule has 82 valence electrons. The molecule has 0 heterocycles. The maximum atomic E-state index is 10.7. The fourth-order valence-corrected chi connectivity index (χ4v) is 1.49. The van der Waals surface area contributed by atoms with Gasteiger partial charge in [-0.05, 0) is 22.9 Å². The summed E-state index contributed by atoms with van der Waals surface area (Å²) in [6.07, 6.45) is 0.936. The number of oxime groups is 1. The lowest BCUT2D eigenvalue weighted by molar-refractivity contribution is 0.345. The Kier molecular flexibility index (Phi) is 3.87. The zero-order valence-electron chi connectivity index (χ0n) is 8.27. The van der Waals surface area contributed by atoms with Gasteiger partial charge in [0.2, 0.25) is 0 Å². The van der Waals surface area contributed by atoms with Gasteiger partial charge in [0, 0.05) is 5.56 Å². The van der Waals surface area contributed by atoms with Gasteiger partial charge in [-0.25, -0.2) is 0 Å². The Morgan fingerprint density at radius 1 is 1.33 bits per heavy atom. The quantitative estimate of drug-likeness (QED) is 0.632. The van der Waals surface area contributed by atoms with Crippen molar-refractivity contribution in [2.24, 2.45) is 5.16 Å². The van der Waals surface area contributed by atoms with Crippen molar-refractivity contribution < 1.29 is 12.7 Å². The molecule has 0 N–H and O–H groups in total. The predicted octanol–water partition coefficient (Wildman–Crippen LogP) is 2.03. The molecule has 0 unspecified atom stereocenters. The first kappa shape index (κ1) is 12.2. The van der Waals surface area contributed by atoms with Gasteiger partial charge in [0.25, 0.3) is 0 Å². The van der Waals surface area contributed by atoms with Crippen LogP contribution in [0.3, 0.4) is 0 Å². The lowest BCUT2D eigenvalue weighted by Gasteiger charge is -1.99. The standard InChI is InChI=1S/C9H10BrNO3S/c1-7-3-5-8(6-4-7)9(10)11-14-15(2,12)13/h3-6H,1-2H3. The average molecular weight is 292 g/mol. The third-order valence-electron chi connectivity index (χ3n) is 1.54. The van der Waals surface area contributed by atoms with Gasteiger partial charge in [0.05, 0.1) is 6.26 Å². The maximum absolute atomic E-state index is 10.7. The van der Waals surface area contributed by atoms with E-state index in [0.717, 1.165) is 17.4 Å². The molecule has 0 fully saturated rings. The average Bonchev–Trinajstić information content (AvgIpc) is 2.14. The second-order valence-corrected chi connectivity index (χ2v) is 5.34. The van der Waals surface area contributed by atoms with Crippen LogP contribution in [0.15, 0.2) is 29.4 Å². The smallest absolute Gasteiger partial charge is 0.268 e. The van der Waals surface area contributed by atoms with Gasteiger partial charge in [-0.15, -0.1) is 0 Å². The van der Waals surface area contributed by atoms with Crippen molar-refractivity contribution in [3.8, 4) is 0 Å². The normalized spacial score (nSPS) is 12.6. The summed E-state index contributed by atoms with van der Waals surface area (Å²) in [4.78, 5) is 0. The molecule has 0 atom stereocenters. The zero-order chi connectivity index (χ0) is 11.5. The number of hydrogen-bond donors (Lipinski definition) is 0. The number of nitrogens with zero attached hydrogens (tertiary/aromatic N) is 1. The number of halogens is 1. The van der Waals surface area contributed by atoms with Gasteiger partial charge in [-0.1, -0.05) is 35.0 Å². The Hall–Kier alpha value is -0.880. The van der Waals surface area contributed by atoms with E-state index in [9.17, 15) is 8.42 Å². The van der Waals surface area contributed by atoms with E-state index in [1.165, 1.54) is 0 Å². The molecule has 6 heteroatoms. The molecule has 0 aliphatic rings. The summed E-state index contributed by atoms with van der Waals surface area (Å²) in [5.74, 6) is 0. The topological polar surface area (TPSA) is 55.7 Å². The Balaban J connectivity index is 2.85. The summed E-state index contributed by atoms with van der Waals surface area (Å²) in [6.45, 7) is 1.96. The third kappa shape index (κ3) is 4.44. The van der Waals surface area contributed by atoms with Crippen LogP contribution in [0.2, 0.25) is 0 Å². The molecule has 1 rings (SSSR count). The van der Waals surface area contributed by atoms with Gasteiger partial charge >= 0.3 is 10.1 Å². The molecule has 0 saturated carbocycles. The number of rotatable bonds is 3. The molecule has 0 aliphatic carbocycles. The van der Waals surface area contributed by atoms with Gasteiger partial charge in [0.15, 0.2) is 4.62 Å². The lowest BCUT2D eigenvalue weighted by Crippen LogP contribution is -2.00. The highest BCUT2D eigenvalue weighted by Gasteiger charge is 2.03. The van der Waals surface area contributed by atoms with Crippen molar-refractivity contribution in [2.45, 2.75) is 6.92 Å². The van der Waals surface area contributed by atoms with E-state index in [1.54, 1.807) is 0 Å². The van der Waals surface area contributed by atoms with Crippen LogP contribution in [0.25, 0.3) is 0 Å². The molecule has 0 aliphatic heterocycles. The molecule has 0 aromatic heterocycles. The summed E-state index contributed by atoms with van der Waals surface area (Å²) in [5, 5.41) is 3.44.